The van der Waals surface area contributed by atoms with Crippen LogP contribution in [0.2, 0.25) is 0 Å². The maximum Gasteiger partial charge on any atom is 0.522 e. The number of aliphatic hydroxyl groups excluding tert-OH is 1. The van der Waals surface area contributed by atoms with Gasteiger partial charge in [0.15, 0.2) is 6.79 Å². The second-order valence-electron chi connectivity index (χ2n) is 2.85. The topological polar surface area (TPSA) is 110 Å². The predicted molar refractivity (Wildman–Crippen MR) is 64.6 cm³/mol. The fraction of sp³-hybridized carbons (Fsp3) is 0.500. The minimum atomic E-state index is -5.84. The molecule has 20 heavy (non-hydrogen) atoms. The highest BCUT2D eigenvalue weighted by molar-refractivity contribution is 7.86. The Bertz CT molecular complexity index is 445. The largest absolute Gasteiger partial charge is 0.522 e. The lowest BCUT2D eigenvalue weighted by Crippen LogP contribution is -2.21. The second kappa shape index (κ2) is 9.27. The van der Waals surface area contributed by atoms with E-state index < -0.39 is 30.0 Å². The van der Waals surface area contributed by atoms with Crippen LogP contribution in [0.1, 0.15) is 0 Å². The Balaban J connectivity index is 0. The van der Waals surface area contributed by atoms with E-state index in [0.717, 1.165) is 0 Å². The summed E-state index contributed by atoms with van der Waals surface area (Å²) in [6, 6.07) is 0. The molecule has 0 amide bonds. The summed E-state index contributed by atoms with van der Waals surface area (Å²) in [7, 11) is -9.02. The number of hydrogen-bond acceptors (Lipinski definition) is 6. The van der Waals surface area contributed by atoms with Gasteiger partial charge in [0.1, 0.15) is 0 Å². The normalized spacial score (nSPS) is 14.7. The first-order valence-electron chi connectivity index (χ1n) is 4.68. The zero-order valence-corrected chi connectivity index (χ0v) is 11.8. The van der Waals surface area contributed by atoms with Crippen molar-refractivity contribution < 1.29 is 44.9 Å². The van der Waals surface area contributed by atoms with E-state index in [-0.39, 0.29) is 12.8 Å². The number of aliphatic hydroxyl groups is 1. The van der Waals surface area contributed by atoms with Gasteiger partial charge in [-0.2, -0.15) is 21.6 Å². The number of hydrogen-bond donors (Lipinski definition) is 2. The fourth-order valence-corrected chi connectivity index (χ4v) is 1.67. The van der Waals surface area contributed by atoms with Crippen LogP contribution in [-0.4, -0.2) is 43.1 Å². The van der Waals surface area contributed by atoms with Crippen molar-refractivity contribution in [3.8, 4) is 0 Å². The molecule has 2 N–H and O–H groups in total. The van der Waals surface area contributed by atoms with Gasteiger partial charge >= 0.3 is 23.2 Å². The minimum absolute atomic E-state index is 0.0847. The van der Waals surface area contributed by atoms with Crippen molar-refractivity contribution in [1.29, 1.82) is 0 Å². The van der Waals surface area contributed by atoms with Crippen molar-refractivity contribution in [3.05, 3.63) is 25.3 Å². The van der Waals surface area contributed by atoms with Crippen molar-refractivity contribution in [2.45, 2.75) is 5.51 Å². The standard InChI is InChI=1S/C7H13O4P.CHF3O3S/c1-3-5-10-12(9,6-4-2)11-7-8;2-1(3,4)8(5,6)7/h3-4,8H,1-2,5-7H2;(H,5,6,7). The van der Waals surface area contributed by atoms with Gasteiger partial charge in [0, 0.05) is 0 Å². The molecule has 0 aliphatic carbocycles. The van der Waals surface area contributed by atoms with E-state index in [0.29, 0.717) is 0 Å². The lowest BCUT2D eigenvalue weighted by atomic mass is 10.7. The van der Waals surface area contributed by atoms with E-state index in [4.69, 9.17) is 22.6 Å². The highest BCUT2D eigenvalue weighted by Gasteiger charge is 2.44. The molecule has 1 atom stereocenters. The average molecular weight is 342 g/mol. The van der Waals surface area contributed by atoms with E-state index in [2.05, 4.69) is 17.7 Å². The molecule has 12 heteroatoms. The van der Waals surface area contributed by atoms with Gasteiger partial charge in [-0.1, -0.05) is 12.2 Å². The van der Waals surface area contributed by atoms with E-state index in [1.165, 1.54) is 12.2 Å². The van der Waals surface area contributed by atoms with Crippen molar-refractivity contribution in [2.24, 2.45) is 0 Å². The van der Waals surface area contributed by atoms with Crippen LogP contribution >= 0.6 is 7.60 Å². The molecule has 0 rings (SSSR count). The number of halogens is 3. The van der Waals surface area contributed by atoms with Crippen LogP contribution in [0.25, 0.3) is 0 Å². The highest BCUT2D eigenvalue weighted by Crippen LogP contribution is 2.47. The first-order valence-corrected chi connectivity index (χ1v) is 7.85. The monoisotopic (exact) mass is 342 g/mol. The summed E-state index contributed by atoms with van der Waals surface area (Å²) in [5.74, 6) is 0. The summed E-state index contributed by atoms with van der Waals surface area (Å²) < 4.78 is 78.4. The molecule has 0 spiro atoms. The summed E-state index contributed by atoms with van der Waals surface area (Å²) in [6.07, 6.45) is 2.96. The lowest BCUT2D eigenvalue weighted by Gasteiger charge is -2.13. The molecule has 1 unspecified atom stereocenters. The van der Waals surface area contributed by atoms with Gasteiger partial charge in [-0.25, -0.2) is 0 Å². The summed E-state index contributed by atoms with van der Waals surface area (Å²) in [5.41, 5.74) is -5.53. The molecule has 0 aliphatic heterocycles. The van der Waals surface area contributed by atoms with Crippen molar-refractivity contribution in [3.63, 3.8) is 0 Å². The van der Waals surface area contributed by atoms with E-state index in [1.54, 1.807) is 0 Å². The van der Waals surface area contributed by atoms with Crippen LogP contribution in [0.15, 0.2) is 25.3 Å². The third kappa shape index (κ3) is 10.1. The Labute approximate surface area is 114 Å². The smallest absolute Gasteiger partial charge is 0.370 e. The van der Waals surface area contributed by atoms with Crippen LogP contribution in [-0.2, 0) is 23.7 Å². The molecular weight excluding hydrogens is 328 g/mol. The first kappa shape index (κ1) is 21.6. The quantitative estimate of drug-likeness (QED) is 0.239. The van der Waals surface area contributed by atoms with Gasteiger partial charge in [-0.05, 0) is 0 Å². The Morgan fingerprint density at radius 3 is 1.90 bits per heavy atom. The Morgan fingerprint density at radius 2 is 1.65 bits per heavy atom. The average Bonchev–Trinajstić information content (AvgIpc) is 2.25. The van der Waals surface area contributed by atoms with Crippen molar-refractivity contribution in [1.82, 2.24) is 0 Å². The van der Waals surface area contributed by atoms with Gasteiger partial charge < -0.3 is 9.63 Å². The summed E-state index contributed by atoms with van der Waals surface area (Å²) in [4.78, 5) is 0. The van der Waals surface area contributed by atoms with Crippen LogP contribution in [0, 0.1) is 0 Å². The molecule has 0 aromatic carbocycles. The third-order valence-electron chi connectivity index (χ3n) is 1.29. The number of rotatable bonds is 7. The predicted octanol–water partition coefficient (Wildman–Crippen LogP) is 1.93. The number of alkyl halides is 3. The van der Waals surface area contributed by atoms with E-state index >= 15 is 0 Å². The molecule has 0 aliphatic rings. The van der Waals surface area contributed by atoms with Gasteiger partial charge in [0.25, 0.3) is 0 Å². The third-order valence-corrected chi connectivity index (χ3v) is 3.63. The van der Waals surface area contributed by atoms with Crippen LogP contribution in [0.5, 0.6) is 0 Å². The molecule has 0 heterocycles. The summed E-state index contributed by atoms with van der Waals surface area (Å²) in [5, 5.41) is 8.39. The van der Waals surface area contributed by atoms with Crippen LogP contribution < -0.4 is 0 Å². The first-order chi connectivity index (χ1) is 8.93. The van der Waals surface area contributed by atoms with Crippen molar-refractivity contribution in [2.75, 3.05) is 19.6 Å². The zero-order chi connectivity index (χ0) is 16.4. The van der Waals surface area contributed by atoms with Crippen molar-refractivity contribution >= 4 is 17.7 Å². The molecule has 0 aromatic rings. The molecule has 0 fully saturated rings. The molecule has 7 nitrogen and oxygen atoms in total. The zero-order valence-electron chi connectivity index (χ0n) is 10.1. The molecular formula is C8H14F3O7PS. The molecule has 0 aromatic heterocycles. The van der Waals surface area contributed by atoms with Crippen LogP contribution in [0.4, 0.5) is 13.2 Å². The fourth-order valence-electron chi connectivity index (χ4n) is 0.555. The van der Waals surface area contributed by atoms with Gasteiger partial charge in [0.05, 0.1) is 12.8 Å². The molecule has 0 radical (unpaired) electrons. The summed E-state index contributed by atoms with van der Waals surface area (Å²) in [6.45, 7) is 6.30. The molecule has 0 saturated heterocycles. The second-order valence-corrected chi connectivity index (χ2v) is 6.36. The molecule has 120 valence electrons. The van der Waals surface area contributed by atoms with E-state index in [1.807, 2.05) is 0 Å². The van der Waals surface area contributed by atoms with Gasteiger partial charge in [-0.15, -0.1) is 13.2 Å². The Kier molecular flexibility index (Phi) is 10.0. The lowest BCUT2D eigenvalue weighted by molar-refractivity contribution is -0.0510. The minimum Gasteiger partial charge on any atom is -0.370 e. The Morgan fingerprint density at radius 1 is 1.20 bits per heavy atom. The number of allylic oxidation sites excluding steroid dienone is 1. The maximum atomic E-state index is 11.4. The molecule has 0 bridgehead atoms. The molecule has 0 saturated carbocycles. The summed E-state index contributed by atoms with van der Waals surface area (Å²) >= 11 is 0. The van der Waals surface area contributed by atoms with Gasteiger partial charge in [-0.3, -0.25) is 13.6 Å². The van der Waals surface area contributed by atoms with Crippen LogP contribution in [0.3, 0.4) is 0 Å². The van der Waals surface area contributed by atoms with E-state index in [9.17, 15) is 17.7 Å². The van der Waals surface area contributed by atoms with Gasteiger partial charge in [0.2, 0.25) is 0 Å². The highest BCUT2D eigenvalue weighted by atomic mass is 32.2. The maximum absolute atomic E-state index is 11.4. The Hall–Kier alpha value is -0.710. The SMILES string of the molecule is C=CCOP(=O)(CC=C)OCO.O=S(=O)(O)C(F)(F)F.